The van der Waals surface area contributed by atoms with Crippen LogP contribution < -0.4 is 9.46 Å². The molecule has 0 saturated heterocycles. The molecular formula is C15H16ClNO3S. The number of hydrogen-bond acceptors (Lipinski definition) is 3. The molecular weight excluding hydrogens is 310 g/mol. The Morgan fingerprint density at radius 3 is 2.38 bits per heavy atom. The number of sulfonamides is 1. The van der Waals surface area contributed by atoms with Gasteiger partial charge in [0.25, 0.3) is 0 Å². The van der Waals surface area contributed by atoms with Crippen LogP contribution in [-0.2, 0) is 10.0 Å². The maximum absolute atomic E-state index is 12.3. The van der Waals surface area contributed by atoms with Crippen molar-refractivity contribution >= 4 is 21.6 Å². The predicted octanol–water partition coefficient (Wildman–Crippen LogP) is 3.39. The maximum atomic E-state index is 12.3. The van der Waals surface area contributed by atoms with Gasteiger partial charge < -0.3 is 4.74 Å². The summed E-state index contributed by atoms with van der Waals surface area (Å²) >= 11 is 5.92. The standard InChI is InChI=1S/C15H16ClNO3S/c1-11(12-4-3-5-13(16)10-12)17-21(18,19)15-8-6-14(20-2)7-9-15/h3-11,17H,1-2H3. The van der Waals surface area contributed by atoms with E-state index in [1.165, 1.54) is 19.2 Å². The van der Waals surface area contributed by atoms with Crippen LogP contribution in [-0.4, -0.2) is 15.5 Å². The molecule has 4 nitrogen and oxygen atoms in total. The zero-order valence-electron chi connectivity index (χ0n) is 11.7. The van der Waals surface area contributed by atoms with Gasteiger partial charge in [-0.15, -0.1) is 0 Å². The summed E-state index contributed by atoms with van der Waals surface area (Å²) in [5.41, 5.74) is 0.805. The van der Waals surface area contributed by atoms with E-state index < -0.39 is 10.0 Å². The molecule has 0 bridgehead atoms. The first-order valence-corrected chi connectivity index (χ1v) is 8.20. The second kappa shape index (κ2) is 6.47. The highest BCUT2D eigenvalue weighted by molar-refractivity contribution is 7.89. The second-order valence-electron chi connectivity index (χ2n) is 4.57. The molecule has 1 unspecified atom stereocenters. The SMILES string of the molecule is COc1ccc(S(=O)(=O)NC(C)c2cccc(Cl)c2)cc1. The van der Waals surface area contributed by atoms with Gasteiger partial charge in [-0.25, -0.2) is 13.1 Å². The molecule has 1 atom stereocenters. The van der Waals surface area contributed by atoms with Crippen LogP contribution >= 0.6 is 11.6 Å². The third kappa shape index (κ3) is 3.97. The molecule has 112 valence electrons. The number of ether oxygens (including phenoxy) is 1. The zero-order chi connectivity index (χ0) is 15.5. The molecule has 0 saturated carbocycles. The van der Waals surface area contributed by atoms with E-state index in [0.29, 0.717) is 10.8 Å². The Hall–Kier alpha value is -1.56. The van der Waals surface area contributed by atoms with Crippen molar-refractivity contribution in [3.05, 3.63) is 59.1 Å². The van der Waals surface area contributed by atoms with Gasteiger partial charge in [-0.3, -0.25) is 0 Å². The van der Waals surface area contributed by atoms with Crippen LogP contribution in [0.5, 0.6) is 5.75 Å². The molecule has 0 aliphatic heterocycles. The number of nitrogens with one attached hydrogen (secondary N) is 1. The molecule has 2 aromatic carbocycles. The fraction of sp³-hybridized carbons (Fsp3) is 0.200. The van der Waals surface area contributed by atoms with Crippen molar-refractivity contribution in [3.63, 3.8) is 0 Å². The van der Waals surface area contributed by atoms with Gasteiger partial charge in [-0.2, -0.15) is 0 Å². The lowest BCUT2D eigenvalue weighted by Gasteiger charge is -2.15. The van der Waals surface area contributed by atoms with E-state index >= 15 is 0 Å². The fourth-order valence-electron chi connectivity index (χ4n) is 1.90. The van der Waals surface area contributed by atoms with Crippen LogP contribution in [0, 0.1) is 0 Å². The van der Waals surface area contributed by atoms with Crippen molar-refractivity contribution in [1.29, 1.82) is 0 Å². The van der Waals surface area contributed by atoms with Gasteiger partial charge in [0.1, 0.15) is 5.75 Å². The molecule has 0 amide bonds. The van der Waals surface area contributed by atoms with Gasteiger partial charge in [-0.05, 0) is 48.9 Å². The highest BCUT2D eigenvalue weighted by Crippen LogP contribution is 2.21. The topological polar surface area (TPSA) is 55.4 Å². The molecule has 21 heavy (non-hydrogen) atoms. The second-order valence-corrected chi connectivity index (χ2v) is 6.72. The van der Waals surface area contributed by atoms with Crippen molar-refractivity contribution in [2.24, 2.45) is 0 Å². The van der Waals surface area contributed by atoms with Crippen LogP contribution in [0.1, 0.15) is 18.5 Å². The van der Waals surface area contributed by atoms with E-state index in [2.05, 4.69) is 4.72 Å². The van der Waals surface area contributed by atoms with Crippen LogP contribution in [0.15, 0.2) is 53.4 Å². The third-order valence-corrected chi connectivity index (χ3v) is 4.84. The summed E-state index contributed by atoms with van der Waals surface area (Å²) < 4.78 is 32.3. The number of rotatable bonds is 5. The lowest BCUT2D eigenvalue weighted by Crippen LogP contribution is -2.26. The Bertz CT molecular complexity index is 714. The fourth-order valence-corrected chi connectivity index (χ4v) is 3.33. The Morgan fingerprint density at radius 1 is 1.14 bits per heavy atom. The average molecular weight is 326 g/mol. The van der Waals surface area contributed by atoms with Crippen LogP contribution in [0.25, 0.3) is 0 Å². The summed E-state index contributed by atoms with van der Waals surface area (Å²) in [7, 11) is -2.06. The highest BCUT2D eigenvalue weighted by atomic mass is 35.5. The molecule has 0 aromatic heterocycles. The van der Waals surface area contributed by atoms with Crippen molar-refractivity contribution in [3.8, 4) is 5.75 Å². The van der Waals surface area contributed by atoms with E-state index in [1.54, 1.807) is 37.3 Å². The number of halogens is 1. The first-order chi connectivity index (χ1) is 9.92. The van der Waals surface area contributed by atoms with Crippen molar-refractivity contribution in [2.75, 3.05) is 7.11 Å². The molecule has 0 spiro atoms. The molecule has 0 aliphatic rings. The molecule has 2 rings (SSSR count). The van der Waals surface area contributed by atoms with E-state index in [-0.39, 0.29) is 10.9 Å². The first-order valence-electron chi connectivity index (χ1n) is 6.34. The van der Waals surface area contributed by atoms with Crippen molar-refractivity contribution in [2.45, 2.75) is 17.9 Å². The summed E-state index contributed by atoms with van der Waals surface area (Å²) in [5, 5.41) is 0.572. The predicted molar refractivity (Wildman–Crippen MR) is 83.2 cm³/mol. The van der Waals surface area contributed by atoms with Gasteiger partial charge >= 0.3 is 0 Å². The highest BCUT2D eigenvalue weighted by Gasteiger charge is 2.18. The number of methoxy groups -OCH3 is 1. The molecule has 0 fully saturated rings. The third-order valence-electron chi connectivity index (χ3n) is 3.05. The summed E-state index contributed by atoms with van der Waals surface area (Å²) in [6.45, 7) is 1.77. The van der Waals surface area contributed by atoms with E-state index in [1.807, 2.05) is 6.07 Å². The molecule has 1 N–H and O–H groups in total. The molecule has 0 radical (unpaired) electrons. The van der Waals surface area contributed by atoms with Gasteiger partial charge in [-0.1, -0.05) is 23.7 Å². The summed E-state index contributed by atoms with van der Waals surface area (Å²) in [4.78, 5) is 0.192. The summed E-state index contributed by atoms with van der Waals surface area (Å²) in [5.74, 6) is 0.608. The summed E-state index contributed by atoms with van der Waals surface area (Å²) in [6, 6.07) is 13.0. The first kappa shape index (κ1) is 15.8. The number of benzene rings is 2. The quantitative estimate of drug-likeness (QED) is 0.916. The van der Waals surface area contributed by atoms with Crippen LogP contribution in [0.4, 0.5) is 0 Å². The Balaban J connectivity index is 2.20. The largest absolute Gasteiger partial charge is 0.497 e. The minimum absolute atomic E-state index is 0.192. The van der Waals surface area contributed by atoms with Gasteiger partial charge in [0.15, 0.2) is 0 Å². The van der Waals surface area contributed by atoms with Gasteiger partial charge in [0.2, 0.25) is 10.0 Å². The summed E-state index contributed by atoms with van der Waals surface area (Å²) in [6.07, 6.45) is 0. The molecule has 2 aromatic rings. The normalized spacial score (nSPS) is 12.9. The lowest BCUT2D eigenvalue weighted by molar-refractivity contribution is 0.414. The maximum Gasteiger partial charge on any atom is 0.241 e. The van der Waals surface area contributed by atoms with E-state index in [4.69, 9.17) is 16.3 Å². The van der Waals surface area contributed by atoms with E-state index in [0.717, 1.165) is 5.56 Å². The monoisotopic (exact) mass is 325 g/mol. The minimum atomic E-state index is -3.59. The average Bonchev–Trinajstić information content (AvgIpc) is 2.47. The zero-order valence-corrected chi connectivity index (χ0v) is 13.3. The van der Waals surface area contributed by atoms with E-state index in [9.17, 15) is 8.42 Å². The smallest absolute Gasteiger partial charge is 0.241 e. The minimum Gasteiger partial charge on any atom is -0.497 e. The molecule has 0 heterocycles. The van der Waals surface area contributed by atoms with Crippen LogP contribution in [0.3, 0.4) is 0 Å². The van der Waals surface area contributed by atoms with Crippen LogP contribution in [0.2, 0.25) is 5.02 Å². The molecule has 6 heteroatoms. The Labute approximate surface area is 129 Å². The van der Waals surface area contributed by atoms with Crippen molar-refractivity contribution in [1.82, 2.24) is 4.72 Å². The molecule has 0 aliphatic carbocycles. The lowest BCUT2D eigenvalue weighted by atomic mass is 10.1. The van der Waals surface area contributed by atoms with Crippen molar-refractivity contribution < 1.29 is 13.2 Å². The Morgan fingerprint density at radius 2 is 1.81 bits per heavy atom. The Kier molecular flexibility index (Phi) is 4.88. The number of hydrogen-bond donors (Lipinski definition) is 1. The van der Waals surface area contributed by atoms with Gasteiger partial charge in [0.05, 0.1) is 12.0 Å². The van der Waals surface area contributed by atoms with Gasteiger partial charge in [0, 0.05) is 11.1 Å².